The highest BCUT2D eigenvalue weighted by Crippen LogP contribution is 2.25. The van der Waals surface area contributed by atoms with Crippen molar-refractivity contribution in [3.63, 3.8) is 0 Å². The first-order valence-electron chi connectivity index (χ1n) is 9.08. The van der Waals surface area contributed by atoms with Gasteiger partial charge >= 0.3 is 0 Å². The zero-order valence-electron chi connectivity index (χ0n) is 16.9. The van der Waals surface area contributed by atoms with Crippen molar-refractivity contribution in [1.82, 2.24) is 19.7 Å². The lowest BCUT2D eigenvalue weighted by molar-refractivity contribution is -0.116. The van der Waals surface area contributed by atoms with E-state index in [0.29, 0.717) is 21.8 Å². The van der Waals surface area contributed by atoms with Gasteiger partial charge in [-0.1, -0.05) is 11.8 Å². The van der Waals surface area contributed by atoms with Crippen LogP contribution in [-0.4, -0.2) is 36.8 Å². The zero-order valence-corrected chi connectivity index (χ0v) is 18.5. The highest BCUT2D eigenvalue weighted by atomic mass is 32.2. The fourth-order valence-corrected chi connectivity index (χ4v) is 4.08. The molecule has 2 heterocycles. The van der Waals surface area contributed by atoms with Gasteiger partial charge in [0.15, 0.2) is 10.3 Å². The van der Waals surface area contributed by atoms with Crippen molar-refractivity contribution >= 4 is 45.7 Å². The van der Waals surface area contributed by atoms with Gasteiger partial charge < -0.3 is 15.2 Å². The fourth-order valence-electron chi connectivity index (χ4n) is 2.43. The first-order valence-corrected chi connectivity index (χ1v) is 10.8. The number of thioether (sulfide) groups is 1. The van der Waals surface area contributed by atoms with Crippen molar-refractivity contribution in [2.75, 3.05) is 10.6 Å². The fraction of sp³-hybridized carbons (Fsp3) is 0.316. The summed E-state index contributed by atoms with van der Waals surface area (Å²) in [6, 6.07) is 5.51. The van der Waals surface area contributed by atoms with E-state index in [4.69, 9.17) is 0 Å². The van der Waals surface area contributed by atoms with Gasteiger partial charge in [-0.2, -0.15) is 0 Å². The molecule has 0 aliphatic heterocycles. The maximum Gasteiger partial charge on any atom is 0.239 e. The maximum atomic E-state index is 13.0. The minimum absolute atomic E-state index is 0.000315. The Kier molecular flexibility index (Phi) is 6.83. The number of rotatable bonds is 7. The molecule has 158 valence electrons. The van der Waals surface area contributed by atoms with E-state index in [1.807, 2.05) is 13.8 Å². The summed E-state index contributed by atoms with van der Waals surface area (Å²) in [4.78, 5) is 30.0. The molecular weight excluding hydrogens is 427 g/mol. The lowest BCUT2D eigenvalue weighted by Crippen LogP contribution is -2.23. The standard InChI is InChI=1S/C19H21FN6O2S2/c1-10-11(2)29-18(21-10)23-17(28)12(3)30-19-25-24-15(26(19)4)9-16(27)22-14-7-5-13(20)6-8-14/h5-8,12H,9H2,1-4H3,(H,22,27)(H,21,23,28). The number of hydrogen-bond acceptors (Lipinski definition) is 7. The Hall–Kier alpha value is -2.79. The van der Waals surface area contributed by atoms with Crippen LogP contribution < -0.4 is 10.6 Å². The SMILES string of the molecule is Cc1nc(NC(=O)C(C)Sc2nnc(CC(=O)Nc3ccc(F)cc3)n2C)sc1C. The third-order valence-electron chi connectivity index (χ3n) is 4.28. The molecule has 0 saturated carbocycles. The maximum absolute atomic E-state index is 13.0. The number of thiazole rings is 1. The van der Waals surface area contributed by atoms with E-state index in [2.05, 4.69) is 25.8 Å². The number of halogens is 1. The number of nitrogens with one attached hydrogen (secondary N) is 2. The molecule has 2 aromatic heterocycles. The number of aromatic nitrogens is 4. The van der Waals surface area contributed by atoms with Gasteiger partial charge in [0, 0.05) is 17.6 Å². The zero-order chi connectivity index (χ0) is 21.8. The summed E-state index contributed by atoms with van der Waals surface area (Å²) in [7, 11) is 1.74. The summed E-state index contributed by atoms with van der Waals surface area (Å²) in [5.41, 5.74) is 1.39. The molecule has 0 fully saturated rings. The molecule has 0 radical (unpaired) electrons. The first-order chi connectivity index (χ1) is 14.2. The van der Waals surface area contributed by atoms with Crippen molar-refractivity contribution in [3.05, 3.63) is 46.5 Å². The highest BCUT2D eigenvalue weighted by molar-refractivity contribution is 8.00. The van der Waals surface area contributed by atoms with Crippen LogP contribution in [0.15, 0.2) is 29.4 Å². The van der Waals surface area contributed by atoms with Gasteiger partial charge in [-0.25, -0.2) is 9.37 Å². The molecule has 2 N–H and O–H groups in total. The van der Waals surface area contributed by atoms with E-state index in [9.17, 15) is 14.0 Å². The van der Waals surface area contributed by atoms with Crippen LogP contribution in [0.2, 0.25) is 0 Å². The molecule has 0 spiro atoms. The summed E-state index contributed by atoms with van der Waals surface area (Å²) in [5, 5.41) is 14.3. The van der Waals surface area contributed by atoms with Crippen LogP contribution in [0, 0.1) is 19.7 Å². The summed E-state index contributed by atoms with van der Waals surface area (Å²) in [6.07, 6.45) is -0.000315. The normalized spacial score (nSPS) is 11.9. The first kappa shape index (κ1) is 21.9. The number of hydrogen-bond donors (Lipinski definition) is 2. The van der Waals surface area contributed by atoms with Gasteiger partial charge in [0.25, 0.3) is 0 Å². The lowest BCUT2D eigenvalue weighted by atomic mass is 10.3. The number of carbonyl (C=O) groups is 2. The monoisotopic (exact) mass is 448 g/mol. The predicted octanol–water partition coefficient (Wildman–Crippen LogP) is 3.33. The Balaban J connectivity index is 1.58. The van der Waals surface area contributed by atoms with Crippen molar-refractivity contribution in [3.8, 4) is 0 Å². The molecule has 1 atom stereocenters. The Morgan fingerprint density at radius 3 is 2.53 bits per heavy atom. The minimum Gasteiger partial charge on any atom is -0.326 e. The molecule has 0 aliphatic carbocycles. The van der Waals surface area contributed by atoms with E-state index in [1.165, 1.54) is 47.4 Å². The number of aryl methyl sites for hydroxylation is 2. The Morgan fingerprint density at radius 2 is 1.90 bits per heavy atom. The average Bonchev–Trinajstić information content (AvgIpc) is 3.19. The van der Waals surface area contributed by atoms with E-state index < -0.39 is 5.25 Å². The van der Waals surface area contributed by atoms with Crippen molar-refractivity contribution < 1.29 is 14.0 Å². The third kappa shape index (κ3) is 5.42. The van der Waals surface area contributed by atoms with Gasteiger partial charge in [-0.3, -0.25) is 9.59 Å². The Morgan fingerprint density at radius 1 is 1.20 bits per heavy atom. The van der Waals surface area contributed by atoms with Crippen LogP contribution in [0.3, 0.4) is 0 Å². The van der Waals surface area contributed by atoms with E-state index in [0.717, 1.165) is 10.6 Å². The number of amides is 2. The average molecular weight is 449 g/mol. The minimum atomic E-state index is -0.432. The summed E-state index contributed by atoms with van der Waals surface area (Å²) in [6.45, 7) is 5.62. The van der Waals surface area contributed by atoms with Crippen LogP contribution in [0.4, 0.5) is 15.2 Å². The van der Waals surface area contributed by atoms with E-state index in [-0.39, 0.29) is 24.1 Å². The van der Waals surface area contributed by atoms with Crippen LogP contribution in [0.1, 0.15) is 23.3 Å². The summed E-state index contributed by atoms with van der Waals surface area (Å²) >= 11 is 2.67. The van der Waals surface area contributed by atoms with E-state index in [1.54, 1.807) is 18.5 Å². The van der Waals surface area contributed by atoms with Gasteiger partial charge in [0.1, 0.15) is 11.6 Å². The summed E-state index contributed by atoms with van der Waals surface area (Å²) < 4.78 is 14.6. The highest BCUT2D eigenvalue weighted by Gasteiger charge is 2.21. The number of benzene rings is 1. The molecule has 8 nitrogen and oxygen atoms in total. The molecule has 30 heavy (non-hydrogen) atoms. The molecule has 1 unspecified atom stereocenters. The quantitative estimate of drug-likeness (QED) is 0.538. The molecule has 3 rings (SSSR count). The smallest absolute Gasteiger partial charge is 0.239 e. The van der Waals surface area contributed by atoms with Gasteiger partial charge in [-0.05, 0) is 45.0 Å². The molecule has 0 saturated heterocycles. The van der Waals surface area contributed by atoms with Crippen molar-refractivity contribution in [2.45, 2.75) is 37.6 Å². The molecule has 0 bridgehead atoms. The van der Waals surface area contributed by atoms with E-state index >= 15 is 0 Å². The van der Waals surface area contributed by atoms with Gasteiger partial charge in [-0.15, -0.1) is 21.5 Å². The second-order valence-corrected chi connectivity index (χ2v) is 9.11. The van der Waals surface area contributed by atoms with Gasteiger partial charge in [0.2, 0.25) is 11.8 Å². The van der Waals surface area contributed by atoms with Crippen molar-refractivity contribution in [2.24, 2.45) is 7.05 Å². The lowest BCUT2D eigenvalue weighted by Gasteiger charge is -2.10. The Labute approximate surface area is 181 Å². The molecular formula is C19H21FN6O2S2. The second kappa shape index (κ2) is 9.35. The number of anilines is 2. The largest absolute Gasteiger partial charge is 0.326 e. The van der Waals surface area contributed by atoms with Gasteiger partial charge in [0.05, 0.1) is 17.4 Å². The Bertz CT molecular complexity index is 1040. The predicted molar refractivity (Wildman–Crippen MR) is 115 cm³/mol. The van der Waals surface area contributed by atoms with Crippen LogP contribution in [0.5, 0.6) is 0 Å². The molecule has 0 aliphatic rings. The van der Waals surface area contributed by atoms with Crippen molar-refractivity contribution in [1.29, 1.82) is 0 Å². The molecule has 3 aromatic rings. The molecule has 11 heteroatoms. The summed E-state index contributed by atoms with van der Waals surface area (Å²) in [5.74, 6) is -0.404. The second-order valence-electron chi connectivity index (χ2n) is 6.60. The van der Waals surface area contributed by atoms with Crippen LogP contribution >= 0.6 is 23.1 Å². The van der Waals surface area contributed by atoms with Crippen LogP contribution in [-0.2, 0) is 23.1 Å². The number of nitrogens with zero attached hydrogens (tertiary/aromatic N) is 4. The molecule has 2 amide bonds. The number of carbonyl (C=O) groups excluding carboxylic acids is 2. The molecule has 1 aromatic carbocycles. The topological polar surface area (TPSA) is 102 Å². The third-order valence-corrected chi connectivity index (χ3v) is 6.40. The van der Waals surface area contributed by atoms with Crippen LogP contribution in [0.25, 0.3) is 0 Å².